The molecule has 1 heterocycles. The van der Waals surface area contributed by atoms with Gasteiger partial charge in [-0.2, -0.15) is 0 Å². The van der Waals surface area contributed by atoms with Crippen molar-refractivity contribution in [2.75, 3.05) is 18.8 Å². The molecule has 2 amide bonds. The summed E-state index contributed by atoms with van der Waals surface area (Å²) < 4.78 is 31.2. The van der Waals surface area contributed by atoms with Crippen LogP contribution in [0.1, 0.15) is 45.1 Å². The van der Waals surface area contributed by atoms with E-state index in [4.69, 9.17) is 25.8 Å². The van der Waals surface area contributed by atoms with Gasteiger partial charge in [0.25, 0.3) is 11.8 Å². The van der Waals surface area contributed by atoms with Gasteiger partial charge in [0.2, 0.25) is 0 Å². The summed E-state index contributed by atoms with van der Waals surface area (Å²) in [5.41, 5.74) is 1.78. The van der Waals surface area contributed by atoms with Gasteiger partial charge in [0.1, 0.15) is 11.6 Å². The molecule has 3 rings (SSSR count). The molecule has 0 saturated carbocycles. The zero-order chi connectivity index (χ0) is 22.0. The number of allylic oxidation sites excluding steroid dienone is 1. The van der Waals surface area contributed by atoms with Crippen molar-refractivity contribution in [3.63, 3.8) is 0 Å². The van der Waals surface area contributed by atoms with E-state index < -0.39 is 23.9 Å². The average molecular weight is 438 g/mol. The Bertz CT molecular complexity index is 899. The summed E-state index contributed by atoms with van der Waals surface area (Å²) in [5.74, 6) is -1.58. The maximum absolute atomic E-state index is 15.1. The van der Waals surface area contributed by atoms with E-state index in [0.717, 1.165) is 23.8 Å². The van der Waals surface area contributed by atoms with Crippen LogP contribution in [0.5, 0.6) is 5.75 Å². The van der Waals surface area contributed by atoms with E-state index in [0.29, 0.717) is 29.6 Å². The molecule has 1 aliphatic carbocycles. The summed E-state index contributed by atoms with van der Waals surface area (Å²) in [6.45, 7) is 7.12. The van der Waals surface area contributed by atoms with Gasteiger partial charge < -0.3 is 14.2 Å². The predicted molar refractivity (Wildman–Crippen MR) is 111 cm³/mol. The minimum atomic E-state index is -0.767. The molecule has 162 valence electrons. The second-order valence-corrected chi connectivity index (χ2v) is 7.88. The highest BCUT2D eigenvalue weighted by atomic mass is 35.5. The molecule has 0 radical (unpaired) electrons. The highest BCUT2D eigenvalue weighted by molar-refractivity contribution is 6.34. The fourth-order valence-electron chi connectivity index (χ4n) is 3.70. The standard InChI is InChI=1S/C22H25ClFNO5/c1-12(2)9-16-19(25-21(26)14-7-5-6-8-15(14)22(25)27)18(24)10-17(23)20(16)30-11-29-13(3)28-4/h10,13H,1,5-9,11H2,2-4H3. The topological polar surface area (TPSA) is 65.1 Å². The lowest BCUT2D eigenvalue weighted by molar-refractivity contribution is -0.149. The van der Waals surface area contributed by atoms with E-state index in [2.05, 4.69) is 6.58 Å². The third-order valence-electron chi connectivity index (χ3n) is 5.19. The number of hydrogen-bond donors (Lipinski definition) is 0. The van der Waals surface area contributed by atoms with Crippen molar-refractivity contribution in [2.24, 2.45) is 0 Å². The molecule has 1 aromatic rings. The lowest BCUT2D eigenvalue weighted by Gasteiger charge is -2.24. The quantitative estimate of drug-likeness (QED) is 0.335. The summed E-state index contributed by atoms with van der Waals surface area (Å²) in [6, 6.07) is 1.05. The number of imide groups is 1. The largest absolute Gasteiger partial charge is 0.465 e. The van der Waals surface area contributed by atoms with Crippen LogP contribution in [0.3, 0.4) is 0 Å². The molecule has 0 fully saturated rings. The van der Waals surface area contributed by atoms with Gasteiger partial charge in [0.05, 0.1) is 10.7 Å². The van der Waals surface area contributed by atoms with Gasteiger partial charge in [-0.25, -0.2) is 9.29 Å². The number of ether oxygens (including phenoxy) is 3. The Balaban J connectivity index is 2.05. The van der Waals surface area contributed by atoms with Crippen LogP contribution in [0, 0.1) is 5.82 Å². The fraction of sp³-hybridized carbons (Fsp3) is 0.455. The first-order valence-electron chi connectivity index (χ1n) is 9.79. The Morgan fingerprint density at radius 3 is 2.40 bits per heavy atom. The minimum Gasteiger partial charge on any atom is -0.465 e. The lowest BCUT2D eigenvalue weighted by Crippen LogP contribution is -2.33. The first kappa shape index (κ1) is 22.5. The van der Waals surface area contributed by atoms with E-state index in [1.807, 2.05) is 0 Å². The molecule has 8 heteroatoms. The molecular formula is C22H25ClFNO5. The van der Waals surface area contributed by atoms with Crippen LogP contribution in [0.4, 0.5) is 10.1 Å². The summed E-state index contributed by atoms with van der Waals surface area (Å²) in [4.78, 5) is 27.0. The van der Waals surface area contributed by atoms with Gasteiger partial charge >= 0.3 is 0 Å². The van der Waals surface area contributed by atoms with E-state index in [9.17, 15) is 9.59 Å². The molecule has 0 saturated heterocycles. The van der Waals surface area contributed by atoms with Gasteiger partial charge in [-0.1, -0.05) is 23.8 Å². The Hall–Kier alpha value is -2.22. The number of carbonyl (C=O) groups excluding carboxylic acids is 2. The lowest BCUT2D eigenvalue weighted by atomic mass is 9.93. The molecule has 0 spiro atoms. The Kier molecular flexibility index (Phi) is 6.95. The highest BCUT2D eigenvalue weighted by Gasteiger charge is 2.42. The summed E-state index contributed by atoms with van der Waals surface area (Å²) in [6.07, 6.45) is 2.35. The van der Waals surface area contributed by atoms with Crippen molar-refractivity contribution in [3.05, 3.63) is 45.8 Å². The van der Waals surface area contributed by atoms with Crippen LogP contribution in [0.15, 0.2) is 29.4 Å². The molecule has 0 bridgehead atoms. The third-order valence-corrected chi connectivity index (χ3v) is 5.47. The van der Waals surface area contributed by atoms with Crippen LogP contribution in [0.2, 0.25) is 5.02 Å². The molecule has 1 atom stereocenters. The van der Waals surface area contributed by atoms with E-state index in [-0.39, 0.29) is 35.2 Å². The normalized spacial score (nSPS) is 17.4. The molecule has 0 aromatic heterocycles. The van der Waals surface area contributed by atoms with Crippen LogP contribution in [0.25, 0.3) is 0 Å². The fourth-order valence-corrected chi connectivity index (χ4v) is 3.97. The van der Waals surface area contributed by atoms with E-state index >= 15 is 4.39 Å². The summed E-state index contributed by atoms with van der Waals surface area (Å²) >= 11 is 6.26. The zero-order valence-corrected chi connectivity index (χ0v) is 18.1. The third kappa shape index (κ3) is 4.29. The Morgan fingerprint density at radius 1 is 1.27 bits per heavy atom. The van der Waals surface area contributed by atoms with Gasteiger partial charge in [0, 0.05) is 23.8 Å². The van der Waals surface area contributed by atoms with Gasteiger partial charge in [0.15, 0.2) is 13.1 Å². The minimum absolute atomic E-state index is 0.0120. The average Bonchev–Trinajstić information content (AvgIpc) is 2.95. The second kappa shape index (κ2) is 9.29. The van der Waals surface area contributed by atoms with Crippen LogP contribution >= 0.6 is 11.6 Å². The van der Waals surface area contributed by atoms with Gasteiger partial charge in [-0.05, 0) is 52.0 Å². The van der Waals surface area contributed by atoms with E-state index in [1.165, 1.54) is 7.11 Å². The molecule has 1 aliphatic heterocycles. The number of nitrogens with zero attached hydrogens (tertiary/aromatic N) is 1. The zero-order valence-electron chi connectivity index (χ0n) is 17.3. The van der Waals surface area contributed by atoms with Gasteiger partial charge in [-0.15, -0.1) is 0 Å². The molecule has 1 unspecified atom stereocenters. The van der Waals surface area contributed by atoms with Crippen molar-refractivity contribution in [1.82, 2.24) is 0 Å². The molecule has 6 nitrogen and oxygen atoms in total. The number of hydrogen-bond acceptors (Lipinski definition) is 5. The monoisotopic (exact) mass is 437 g/mol. The SMILES string of the molecule is C=C(C)Cc1c(OCOC(C)OC)c(Cl)cc(F)c1N1C(=O)C2=C(CCCC2)C1=O. The first-order chi connectivity index (χ1) is 14.3. The predicted octanol–water partition coefficient (Wildman–Crippen LogP) is 4.69. The highest BCUT2D eigenvalue weighted by Crippen LogP contribution is 2.44. The second-order valence-electron chi connectivity index (χ2n) is 7.47. The molecule has 0 N–H and O–H groups in total. The number of anilines is 1. The molecular weight excluding hydrogens is 413 g/mol. The van der Waals surface area contributed by atoms with E-state index in [1.54, 1.807) is 13.8 Å². The number of halogens is 2. The maximum atomic E-state index is 15.1. The number of benzene rings is 1. The number of rotatable bonds is 8. The summed E-state index contributed by atoms with van der Waals surface area (Å²) in [5, 5.41) is 0.0120. The van der Waals surface area contributed by atoms with Crippen molar-refractivity contribution in [3.8, 4) is 5.75 Å². The Morgan fingerprint density at radius 2 is 1.87 bits per heavy atom. The van der Waals surface area contributed by atoms with Crippen molar-refractivity contribution >= 4 is 29.1 Å². The molecule has 1 aromatic carbocycles. The number of carbonyl (C=O) groups is 2. The Labute approximate surface area is 180 Å². The first-order valence-corrected chi connectivity index (χ1v) is 10.2. The van der Waals surface area contributed by atoms with Gasteiger partial charge in [-0.3, -0.25) is 9.59 Å². The van der Waals surface area contributed by atoms with Crippen molar-refractivity contribution in [1.29, 1.82) is 0 Å². The number of methoxy groups -OCH3 is 1. The smallest absolute Gasteiger partial charge is 0.261 e. The number of amides is 2. The van der Waals surface area contributed by atoms with Crippen LogP contribution in [-0.4, -0.2) is 32.0 Å². The molecule has 2 aliphatic rings. The van der Waals surface area contributed by atoms with Crippen molar-refractivity contribution < 1.29 is 28.2 Å². The van der Waals surface area contributed by atoms with Crippen LogP contribution in [-0.2, 0) is 25.5 Å². The molecule has 30 heavy (non-hydrogen) atoms. The summed E-state index contributed by atoms with van der Waals surface area (Å²) in [7, 11) is 1.49. The van der Waals surface area contributed by atoms with Crippen molar-refractivity contribution in [2.45, 2.75) is 52.2 Å². The maximum Gasteiger partial charge on any atom is 0.261 e. The van der Waals surface area contributed by atoms with Crippen LogP contribution < -0.4 is 9.64 Å².